The Kier molecular flexibility index (Phi) is 5.51. The van der Waals surface area contributed by atoms with Crippen LogP contribution in [-0.4, -0.2) is 37.9 Å². The highest BCUT2D eigenvalue weighted by Gasteiger charge is 2.40. The molecule has 3 aromatic rings. The van der Waals surface area contributed by atoms with Crippen molar-refractivity contribution in [2.45, 2.75) is 23.9 Å². The van der Waals surface area contributed by atoms with Gasteiger partial charge in [0.1, 0.15) is 30.0 Å². The van der Waals surface area contributed by atoms with Crippen LogP contribution in [0.4, 0.5) is 10.1 Å². The van der Waals surface area contributed by atoms with Gasteiger partial charge in [-0.25, -0.2) is 12.8 Å². The van der Waals surface area contributed by atoms with E-state index in [2.05, 4.69) is 5.32 Å². The number of nitrogens with zero attached hydrogens (tertiary/aromatic N) is 1. The highest BCUT2D eigenvalue weighted by atomic mass is 32.2. The first-order valence-electron chi connectivity index (χ1n) is 10.5. The molecular weight excluding hydrogens is 447 g/mol. The lowest BCUT2D eigenvalue weighted by molar-refractivity contribution is -0.120. The third-order valence-electron chi connectivity index (χ3n) is 5.74. The standard InChI is InChI=1S/C24H21FN2O5S/c25-19-7-3-4-8-23(19)33(29,30)27-15-17-6-2-1-5-16(17)13-20(27)24(28)26-18-9-10-21-22(14-18)32-12-11-31-21/h1-10,14,20H,11-13,15H2,(H,26,28)/t20-/m0/s1. The Hall–Kier alpha value is -3.43. The van der Waals surface area contributed by atoms with Crippen molar-refractivity contribution in [2.75, 3.05) is 18.5 Å². The van der Waals surface area contributed by atoms with Gasteiger partial charge >= 0.3 is 0 Å². The van der Waals surface area contributed by atoms with E-state index in [-0.39, 0.29) is 13.0 Å². The number of sulfonamides is 1. The van der Waals surface area contributed by atoms with E-state index in [9.17, 15) is 17.6 Å². The molecule has 2 aliphatic heterocycles. The minimum atomic E-state index is -4.28. The molecule has 3 aromatic carbocycles. The Labute approximate surface area is 190 Å². The number of carbonyl (C=O) groups excluding carboxylic acids is 1. The van der Waals surface area contributed by atoms with Crippen molar-refractivity contribution in [1.29, 1.82) is 0 Å². The van der Waals surface area contributed by atoms with E-state index < -0.39 is 32.7 Å². The zero-order valence-electron chi connectivity index (χ0n) is 17.5. The Morgan fingerprint density at radius 2 is 1.64 bits per heavy atom. The number of nitrogens with one attached hydrogen (secondary N) is 1. The third kappa shape index (κ3) is 4.05. The molecule has 33 heavy (non-hydrogen) atoms. The van der Waals surface area contributed by atoms with Crippen LogP contribution in [0, 0.1) is 5.82 Å². The second kappa shape index (κ2) is 8.49. The zero-order chi connectivity index (χ0) is 23.0. The molecule has 5 rings (SSSR count). The molecule has 7 nitrogen and oxygen atoms in total. The Morgan fingerprint density at radius 1 is 0.939 bits per heavy atom. The van der Waals surface area contributed by atoms with E-state index in [0.29, 0.717) is 30.4 Å². The number of rotatable bonds is 4. The van der Waals surface area contributed by atoms with Crippen LogP contribution >= 0.6 is 0 Å². The minimum Gasteiger partial charge on any atom is -0.486 e. The number of amides is 1. The third-order valence-corrected chi connectivity index (χ3v) is 7.63. The van der Waals surface area contributed by atoms with Crippen molar-refractivity contribution in [2.24, 2.45) is 0 Å². The molecule has 1 N–H and O–H groups in total. The molecule has 0 saturated heterocycles. The highest BCUT2D eigenvalue weighted by Crippen LogP contribution is 2.34. The fourth-order valence-corrected chi connectivity index (χ4v) is 5.73. The van der Waals surface area contributed by atoms with Crippen molar-refractivity contribution >= 4 is 21.6 Å². The quantitative estimate of drug-likeness (QED) is 0.635. The predicted octanol–water partition coefficient (Wildman–Crippen LogP) is 3.35. The van der Waals surface area contributed by atoms with E-state index in [0.717, 1.165) is 21.5 Å². The number of ether oxygens (including phenoxy) is 2. The van der Waals surface area contributed by atoms with Crippen LogP contribution in [0.2, 0.25) is 0 Å². The van der Waals surface area contributed by atoms with Crippen LogP contribution < -0.4 is 14.8 Å². The predicted molar refractivity (Wildman–Crippen MR) is 119 cm³/mol. The van der Waals surface area contributed by atoms with Crippen molar-refractivity contribution in [3.8, 4) is 11.5 Å². The number of halogens is 1. The van der Waals surface area contributed by atoms with E-state index in [1.165, 1.54) is 18.2 Å². The molecule has 170 valence electrons. The lowest BCUT2D eigenvalue weighted by Crippen LogP contribution is -2.50. The van der Waals surface area contributed by atoms with E-state index in [1.807, 2.05) is 24.3 Å². The first-order valence-corrected chi connectivity index (χ1v) is 11.9. The summed E-state index contributed by atoms with van der Waals surface area (Å²) >= 11 is 0. The summed E-state index contributed by atoms with van der Waals surface area (Å²) in [6.07, 6.45) is 0.167. The monoisotopic (exact) mass is 468 g/mol. The topological polar surface area (TPSA) is 84.9 Å². The van der Waals surface area contributed by atoms with E-state index in [4.69, 9.17) is 9.47 Å². The first-order chi connectivity index (χ1) is 15.9. The summed E-state index contributed by atoms with van der Waals surface area (Å²) in [4.78, 5) is 12.9. The number of carbonyl (C=O) groups is 1. The summed E-state index contributed by atoms with van der Waals surface area (Å²) in [5.41, 5.74) is 2.10. The maximum absolute atomic E-state index is 14.4. The molecule has 2 heterocycles. The lowest BCUT2D eigenvalue weighted by Gasteiger charge is -2.35. The first kappa shape index (κ1) is 21.4. The van der Waals surface area contributed by atoms with Gasteiger partial charge in [0, 0.05) is 18.3 Å². The molecule has 0 aliphatic carbocycles. The van der Waals surface area contributed by atoms with Crippen molar-refractivity contribution in [3.05, 3.63) is 83.7 Å². The fraction of sp³-hybridized carbons (Fsp3) is 0.208. The van der Waals surface area contributed by atoms with Gasteiger partial charge in [-0.2, -0.15) is 4.31 Å². The Balaban J connectivity index is 1.49. The molecule has 2 aliphatic rings. The average molecular weight is 469 g/mol. The minimum absolute atomic E-state index is 0.0356. The van der Waals surface area contributed by atoms with Crippen LogP contribution in [0.15, 0.2) is 71.6 Å². The van der Waals surface area contributed by atoms with Crippen LogP contribution in [0.1, 0.15) is 11.1 Å². The van der Waals surface area contributed by atoms with E-state index >= 15 is 0 Å². The van der Waals surface area contributed by atoms with Crippen molar-refractivity contribution < 1.29 is 27.1 Å². The molecule has 0 bridgehead atoms. The molecule has 1 amide bonds. The number of benzene rings is 3. The summed E-state index contributed by atoms with van der Waals surface area (Å²) in [7, 11) is -4.28. The number of hydrogen-bond acceptors (Lipinski definition) is 5. The normalized spacial score (nSPS) is 17.8. The van der Waals surface area contributed by atoms with Gasteiger partial charge in [0.25, 0.3) is 0 Å². The van der Waals surface area contributed by atoms with Crippen LogP contribution in [0.25, 0.3) is 0 Å². The van der Waals surface area contributed by atoms with Gasteiger partial charge in [0.2, 0.25) is 15.9 Å². The molecule has 0 spiro atoms. The number of anilines is 1. The Morgan fingerprint density at radius 3 is 2.42 bits per heavy atom. The van der Waals surface area contributed by atoms with E-state index in [1.54, 1.807) is 18.2 Å². The van der Waals surface area contributed by atoms with Gasteiger partial charge in [-0.15, -0.1) is 0 Å². The largest absolute Gasteiger partial charge is 0.486 e. The van der Waals surface area contributed by atoms with Gasteiger partial charge in [-0.05, 0) is 41.8 Å². The average Bonchev–Trinajstić information content (AvgIpc) is 2.83. The maximum Gasteiger partial charge on any atom is 0.247 e. The maximum atomic E-state index is 14.4. The van der Waals surface area contributed by atoms with Crippen LogP contribution in [-0.2, 0) is 27.8 Å². The lowest BCUT2D eigenvalue weighted by atomic mass is 9.95. The fourth-order valence-electron chi connectivity index (χ4n) is 4.10. The molecule has 1 atom stereocenters. The summed E-state index contributed by atoms with van der Waals surface area (Å²) in [6, 6.07) is 16.4. The van der Waals surface area contributed by atoms with Gasteiger partial charge < -0.3 is 14.8 Å². The van der Waals surface area contributed by atoms with Crippen LogP contribution in [0.3, 0.4) is 0 Å². The summed E-state index contributed by atoms with van der Waals surface area (Å²) < 4.78 is 53.5. The highest BCUT2D eigenvalue weighted by molar-refractivity contribution is 7.89. The van der Waals surface area contributed by atoms with Crippen molar-refractivity contribution in [1.82, 2.24) is 4.31 Å². The molecule has 9 heteroatoms. The molecule has 0 saturated carbocycles. The zero-order valence-corrected chi connectivity index (χ0v) is 18.3. The number of hydrogen-bond donors (Lipinski definition) is 1. The summed E-state index contributed by atoms with van der Waals surface area (Å²) in [5, 5.41) is 2.79. The SMILES string of the molecule is O=C(Nc1ccc2c(c1)OCCO2)[C@@H]1Cc2ccccc2CN1S(=O)(=O)c1ccccc1F. The van der Waals surface area contributed by atoms with Gasteiger partial charge in [0.05, 0.1) is 0 Å². The van der Waals surface area contributed by atoms with Gasteiger partial charge in [0.15, 0.2) is 11.5 Å². The molecule has 0 radical (unpaired) electrons. The Bertz CT molecular complexity index is 1330. The van der Waals surface area contributed by atoms with Crippen molar-refractivity contribution in [3.63, 3.8) is 0 Å². The summed E-state index contributed by atoms with van der Waals surface area (Å²) in [5.74, 6) is -0.290. The summed E-state index contributed by atoms with van der Waals surface area (Å²) in [6.45, 7) is 0.813. The molecular formula is C24H21FN2O5S. The smallest absolute Gasteiger partial charge is 0.247 e. The second-order valence-corrected chi connectivity index (χ2v) is 9.68. The molecule has 0 fully saturated rings. The number of fused-ring (bicyclic) bond motifs is 2. The van der Waals surface area contributed by atoms with Gasteiger partial charge in [-0.1, -0.05) is 36.4 Å². The van der Waals surface area contributed by atoms with Gasteiger partial charge in [-0.3, -0.25) is 4.79 Å². The molecule has 0 unspecified atom stereocenters. The van der Waals surface area contributed by atoms with Crippen LogP contribution in [0.5, 0.6) is 11.5 Å². The molecule has 0 aromatic heterocycles. The second-order valence-electron chi connectivity index (χ2n) is 7.82.